The Balaban J connectivity index is 1.18. The maximum Gasteiger partial charge on any atom is 0.0212 e. The van der Waals surface area contributed by atoms with Crippen LogP contribution in [0.5, 0.6) is 0 Å². The van der Waals surface area contributed by atoms with Crippen molar-refractivity contribution in [2.45, 2.75) is 39.8 Å². The van der Waals surface area contributed by atoms with Crippen LogP contribution in [0.1, 0.15) is 27.7 Å². The quantitative estimate of drug-likeness (QED) is 0.773. The minimum Gasteiger partial charge on any atom is -0.302 e. The highest BCUT2D eigenvalue weighted by Crippen LogP contribution is 2.53. The second-order valence-corrected chi connectivity index (χ2v) is 8.71. The van der Waals surface area contributed by atoms with E-state index in [0.29, 0.717) is 5.41 Å². The van der Waals surface area contributed by atoms with Crippen molar-refractivity contribution in [3.05, 3.63) is 0 Å². The molecule has 3 nitrogen and oxygen atoms in total. The van der Waals surface area contributed by atoms with E-state index in [2.05, 4.69) is 42.4 Å². The third-order valence-corrected chi connectivity index (χ3v) is 6.52. The molecule has 1 saturated carbocycles. The van der Waals surface area contributed by atoms with Crippen molar-refractivity contribution in [3.8, 4) is 0 Å². The van der Waals surface area contributed by atoms with Gasteiger partial charge in [-0.1, -0.05) is 0 Å². The van der Waals surface area contributed by atoms with Crippen molar-refractivity contribution in [2.24, 2.45) is 23.2 Å². The first-order valence-electron chi connectivity index (χ1n) is 8.68. The number of hydrogen-bond acceptors (Lipinski definition) is 3. The number of fused-ring (bicyclic) bond motifs is 1. The van der Waals surface area contributed by atoms with Crippen LogP contribution in [-0.2, 0) is 0 Å². The molecule has 1 aliphatic carbocycles. The molecule has 0 N–H and O–H groups in total. The summed E-state index contributed by atoms with van der Waals surface area (Å²) in [5, 5.41) is 0. The fourth-order valence-electron chi connectivity index (χ4n) is 5.08. The molecule has 4 rings (SSSR count). The van der Waals surface area contributed by atoms with Crippen LogP contribution in [0.15, 0.2) is 0 Å². The molecule has 20 heavy (non-hydrogen) atoms. The Hall–Kier alpha value is -0.120. The third kappa shape index (κ3) is 2.05. The van der Waals surface area contributed by atoms with Gasteiger partial charge in [0.25, 0.3) is 0 Å². The molecule has 3 heteroatoms. The number of rotatable bonds is 4. The molecule has 0 aromatic carbocycles. The molecule has 0 aromatic rings. The SMILES string of the molecule is CC(C)N1CC2C(CN3CC4(C3)CN(C(C)C)C4)C2C1. The maximum atomic E-state index is 2.75. The molecular formula is C17H31N3. The van der Waals surface area contributed by atoms with Gasteiger partial charge in [-0.15, -0.1) is 0 Å². The summed E-state index contributed by atoms with van der Waals surface area (Å²) in [5.41, 5.74) is 0.707. The molecule has 3 heterocycles. The van der Waals surface area contributed by atoms with Crippen LogP contribution in [0.3, 0.4) is 0 Å². The van der Waals surface area contributed by atoms with Crippen molar-refractivity contribution < 1.29 is 0 Å². The lowest BCUT2D eigenvalue weighted by Gasteiger charge is -2.62. The lowest BCUT2D eigenvalue weighted by atomic mass is 9.72. The second kappa shape index (κ2) is 4.44. The van der Waals surface area contributed by atoms with Gasteiger partial charge in [0, 0.05) is 63.3 Å². The first-order chi connectivity index (χ1) is 9.47. The van der Waals surface area contributed by atoms with Crippen LogP contribution in [0.2, 0.25) is 0 Å². The molecule has 2 atom stereocenters. The Labute approximate surface area is 124 Å². The molecule has 114 valence electrons. The van der Waals surface area contributed by atoms with Gasteiger partial charge in [-0.25, -0.2) is 0 Å². The summed E-state index contributed by atoms with van der Waals surface area (Å²) in [6.45, 7) is 19.0. The minimum atomic E-state index is 0.707. The van der Waals surface area contributed by atoms with E-state index in [9.17, 15) is 0 Å². The Morgan fingerprint density at radius 2 is 1.40 bits per heavy atom. The van der Waals surface area contributed by atoms with Gasteiger partial charge in [0.1, 0.15) is 0 Å². The molecule has 1 spiro atoms. The van der Waals surface area contributed by atoms with Gasteiger partial charge in [0.15, 0.2) is 0 Å². The Morgan fingerprint density at radius 3 is 1.90 bits per heavy atom. The van der Waals surface area contributed by atoms with Gasteiger partial charge < -0.3 is 9.80 Å². The second-order valence-electron chi connectivity index (χ2n) is 8.71. The van der Waals surface area contributed by atoms with Crippen LogP contribution >= 0.6 is 0 Å². The van der Waals surface area contributed by atoms with Crippen molar-refractivity contribution in [1.29, 1.82) is 0 Å². The van der Waals surface area contributed by atoms with Crippen molar-refractivity contribution >= 4 is 0 Å². The highest BCUT2D eigenvalue weighted by atomic mass is 15.3. The Bertz CT molecular complexity index is 366. The summed E-state index contributed by atoms with van der Waals surface area (Å²) in [7, 11) is 0. The largest absolute Gasteiger partial charge is 0.302 e. The zero-order valence-electron chi connectivity index (χ0n) is 13.7. The summed E-state index contributed by atoms with van der Waals surface area (Å²) in [6.07, 6.45) is 0. The van der Waals surface area contributed by atoms with E-state index in [1.807, 2.05) is 0 Å². The first kappa shape index (κ1) is 13.5. The molecule has 4 aliphatic rings. The average molecular weight is 277 g/mol. The van der Waals surface area contributed by atoms with Gasteiger partial charge in [0.2, 0.25) is 0 Å². The van der Waals surface area contributed by atoms with Gasteiger partial charge in [0.05, 0.1) is 0 Å². The summed E-state index contributed by atoms with van der Waals surface area (Å²) in [4.78, 5) is 8.06. The Morgan fingerprint density at radius 1 is 0.850 bits per heavy atom. The molecule has 0 amide bonds. The predicted octanol–water partition coefficient (Wildman–Crippen LogP) is 1.60. The van der Waals surface area contributed by atoms with Crippen molar-refractivity contribution in [1.82, 2.24) is 14.7 Å². The predicted molar refractivity (Wildman–Crippen MR) is 82.8 cm³/mol. The first-order valence-corrected chi connectivity index (χ1v) is 8.68. The zero-order chi connectivity index (χ0) is 14.1. The standard InChI is InChI=1S/C17H31N3/c1-12(2)19-6-15-14(16(15)7-19)5-18-8-17(9-18)10-20(11-17)13(3)4/h12-16H,5-11H2,1-4H3. The normalized spacial score (nSPS) is 40.2. The fraction of sp³-hybridized carbons (Fsp3) is 1.00. The molecule has 3 aliphatic heterocycles. The number of hydrogen-bond donors (Lipinski definition) is 0. The summed E-state index contributed by atoms with van der Waals surface area (Å²) >= 11 is 0. The topological polar surface area (TPSA) is 9.72 Å². The van der Waals surface area contributed by atoms with E-state index >= 15 is 0 Å². The summed E-state index contributed by atoms with van der Waals surface area (Å²) in [5.74, 6) is 3.13. The highest BCUT2D eigenvalue weighted by Gasteiger charge is 2.58. The number of nitrogens with zero attached hydrogens (tertiary/aromatic N) is 3. The molecule has 2 unspecified atom stereocenters. The van der Waals surface area contributed by atoms with E-state index in [1.165, 1.54) is 45.8 Å². The van der Waals surface area contributed by atoms with E-state index in [-0.39, 0.29) is 0 Å². The van der Waals surface area contributed by atoms with Crippen LogP contribution in [0.4, 0.5) is 0 Å². The van der Waals surface area contributed by atoms with Gasteiger partial charge in [-0.3, -0.25) is 4.90 Å². The summed E-state index contributed by atoms with van der Waals surface area (Å²) in [6, 6.07) is 1.51. The van der Waals surface area contributed by atoms with Crippen LogP contribution in [0, 0.1) is 23.2 Å². The molecular weight excluding hydrogens is 246 g/mol. The molecule has 3 saturated heterocycles. The molecule has 0 radical (unpaired) electrons. The Kier molecular flexibility index (Phi) is 3.00. The fourth-order valence-corrected chi connectivity index (χ4v) is 5.08. The molecule has 0 aromatic heterocycles. The summed E-state index contributed by atoms with van der Waals surface area (Å²) < 4.78 is 0. The highest BCUT2D eigenvalue weighted by molar-refractivity contribution is 5.11. The van der Waals surface area contributed by atoms with Crippen LogP contribution in [-0.4, -0.2) is 72.6 Å². The monoisotopic (exact) mass is 277 g/mol. The van der Waals surface area contributed by atoms with Crippen LogP contribution < -0.4 is 0 Å². The maximum absolute atomic E-state index is 2.75. The van der Waals surface area contributed by atoms with Crippen molar-refractivity contribution in [3.63, 3.8) is 0 Å². The smallest absolute Gasteiger partial charge is 0.0212 e. The molecule has 4 fully saturated rings. The average Bonchev–Trinajstić information content (AvgIpc) is 2.73. The van der Waals surface area contributed by atoms with E-state index < -0.39 is 0 Å². The van der Waals surface area contributed by atoms with E-state index in [0.717, 1.165) is 29.8 Å². The minimum absolute atomic E-state index is 0.707. The van der Waals surface area contributed by atoms with Gasteiger partial charge in [-0.05, 0) is 45.4 Å². The van der Waals surface area contributed by atoms with Gasteiger partial charge >= 0.3 is 0 Å². The van der Waals surface area contributed by atoms with Crippen molar-refractivity contribution in [2.75, 3.05) is 45.8 Å². The zero-order valence-corrected chi connectivity index (χ0v) is 13.7. The third-order valence-electron chi connectivity index (χ3n) is 6.52. The molecule has 0 bridgehead atoms. The van der Waals surface area contributed by atoms with E-state index in [4.69, 9.17) is 0 Å². The number of piperidine rings is 1. The number of likely N-dealkylation sites (tertiary alicyclic amines) is 3. The lowest BCUT2D eigenvalue weighted by Crippen LogP contribution is -2.73. The van der Waals surface area contributed by atoms with E-state index in [1.54, 1.807) is 0 Å². The van der Waals surface area contributed by atoms with Gasteiger partial charge in [-0.2, -0.15) is 0 Å². The lowest BCUT2D eigenvalue weighted by molar-refractivity contribution is -0.127. The van der Waals surface area contributed by atoms with Crippen LogP contribution in [0.25, 0.3) is 0 Å².